The molecule has 0 spiro atoms. The number of hydrogen-bond donors (Lipinski definition) is 1. The number of sulfonamides is 1. The minimum absolute atomic E-state index is 0.00834. The van der Waals surface area contributed by atoms with Crippen LogP contribution in [0.15, 0.2) is 47.4 Å². The lowest BCUT2D eigenvalue weighted by Gasteiger charge is -2.18. The van der Waals surface area contributed by atoms with Crippen molar-refractivity contribution in [2.45, 2.75) is 24.5 Å². The zero-order valence-electron chi connectivity index (χ0n) is 16.3. The molecule has 0 unspecified atom stereocenters. The van der Waals surface area contributed by atoms with Crippen LogP contribution in [0.5, 0.6) is 11.5 Å². The highest BCUT2D eigenvalue weighted by atomic mass is 35.5. The highest BCUT2D eigenvalue weighted by Gasteiger charge is 2.17. The number of halogens is 3. The number of amides is 1. The number of alkyl halides is 2. The highest BCUT2D eigenvalue weighted by molar-refractivity contribution is 7.89. The predicted octanol–water partition coefficient (Wildman–Crippen LogP) is 3.28. The summed E-state index contributed by atoms with van der Waals surface area (Å²) in [6.07, 6.45) is -0.0694. The fraction of sp³-hybridized carbons (Fsp3) is 0.316. The Bertz CT molecular complexity index is 989. The molecule has 0 heterocycles. The molecule has 0 saturated heterocycles. The van der Waals surface area contributed by atoms with Crippen molar-refractivity contribution in [3.05, 3.63) is 53.1 Å². The molecular formula is C19H21ClF2N2O5S. The van der Waals surface area contributed by atoms with Gasteiger partial charge in [0.1, 0.15) is 0 Å². The van der Waals surface area contributed by atoms with Crippen LogP contribution in [0, 0.1) is 0 Å². The molecule has 2 aromatic carbocycles. The van der Waals surface area contributed by atoms with E-state index in [2.05, 4.69) is 9.46 Å². The summed E-state index contributed by atoms with van der Waals surface area (Å²) >= 11 is 5.80. The summed E-state index contributed by atoms with van der Waals surface area (Å²) in [5.41, 5.74) is 0.629. The molecule has 7 nitrogen and oxygen atoms in total. The molecule has 0 aliphatic rings. The van der Waals surface area contributed by atoms with E-state index >= 15 is 0 Å². The van der Waals surface area contributed by atoms with Gasteiger partial charge in [-0.2, -0.15) is 8.78 Å². The molecule has 2 rings (SSSR count). The summed E-state index contributed by atoms with van der Waals surface area (Å²) < 4.78 is 61.0. The molecular weight excluding hydrogens is 442 g/mol. The van der Waals surface area contributed by atoms with Crippen LogP contribution in [0.25, 0.3) is 0 Å². The van der Waals surface area contributed by atoms with Gasteiger partial charge < -0.3 is 14.4 Å². The van der Waals surface area contributed by atoms with Gasteiger partial charge in [-0.15, -0.1) is 0 Å². The van der Waals surface area contributed by atoms with Gasteiger partial charge in [0.15, 0.2) is 11.5 Å². The van der Waals surface area contributed by atoms with E-state index in [0.717, 1.165) is 0 Å². The highest BCUT2D eigenvalue weighted by Crippen LogP contribution is 2.29. The minimum Gasteiger partial charge on any atom is -0.493 e. The van der Waals surface area contributed by atoms with Crippen LogP contribution in [0.2, 0.25) is 5.02 Å². The van der Waals surface area contributed by atoms with Crippen molar-refractivity contribution in [1.29, 1.82) is 0 Å². The summed E-state index contributed by atoms with van der Waals surface area (Å²) in [5.74, 6) is -0.306. The number of benzene rings is 2. The smallest absolute Gasteiger partial charge is 0.387 e. The van der Waals surface area contributed by atoms with Gasteiger partial charge in [-0.1, -0.05) is 23.7 Å². The van der Waals surface area contributed by atoms with Crippen LogP contribution in [0.4, 0.5) is 8.78 Å². The first-order valence-electron chi connectivity index (χ1n) is 8.73. The number of ether oxygens (including phenoxy) is 2. The Balaban J connectivity index is 1.92. The molecule has 0 fully saturated rings. The van der Waals surface area contributed by atoms with Gasteiger partial charge in [-0.3, -0.25) is 4.79 Å². The normalized spacial score (nSPS) is 11.4. The van der Waals surface area contributed by atoms with E-state index < -0.39 is 16.6 Å². The van der Waals surface area contributed by atoms with Gasteiger partial charge in [-0.05, 0) is 35.9 Å². The molecule has 0 aromatic heterocycles. The topological polar surface area (TPSA) is 84.9 Å². The fourth-order valence-corrected chi connectivity index (χ4v) is 3.90. The van der Waals surface area contributed by atoms with Gasteiger partial charge in [-0.25, -0.2) is 13.1 Å². The molecule has 0 radical (unpaired) electrons. The van der Waals surface area contributed by atoms with Crippen molar-refractivity contribution >= 4 is 27.5 Å². The number of hydrogen-bond acceptors (Lipinski definition) is 5. The third kappa shape index (κ3) is 6.82. The van der Waals surface area contributed by atoms with Crippen molar-refractivity contribution in [1.82, 2.24) is 9.62 Å². The quantitative estimate of drug-likeness (QED) is 0.585. The van der Waals surface area contributed by atoms with E-state index in [4.69, 9.17) is 16.3 Å². The molecule has 30 heavy (non-hydrogen) atoms. The van der Waals surface area contributed by atoms with E-state index in [1.807, 2.05) is 0 Å². The van der Waals surface area contributed by atoms with Gasteiger partial charge in [0.05, 0.1) is 12.0 Å². The second kappa shape index (κ2) is 10.6. The Kier molecular flexibility index (Phi) is 8.39. The van der Waals surface area contributed by atoms with Gasteiger partial charge in [0.2, 0.25) is 15.9 Å². The van der Waals surface area contributed by atoms with E-state index in [9.17, 15) is 22.0 Å². The number of nitrogens with zero attached hydrogens (tertiary/aromatic N) is 1. The fourth-order valence-electron chi connectivity index (χ4n) is 2.57. The van der Waals surface area contributed by atoms with Crippen LogP contribution in [0.3, 0.4) is 0 Å². The molecule has 1 amide bonds. The third-order valence-corrected chi connectivity index (χ3v) is 5.72. The molecule has 0 atom stereocenters. The summed E-state index contributed by atoms with van der Waals surface area (Å²) in [4.78, 5) is 13.7. The summed E-state index contributed by atoms with van der Waals surface area (Å²) in [6.45, 7) is -2.90. The second-order valence-electron chi connectivity index (χ2n) is 6.22. The van der Waals surface area contributed by atoms with Crippen molar-refractivity contribution in [3.8, 4) is 11.5 Å². The first-order chi connectivity index (χ1) is 14.1. The largest absolute Gasteiger partial charge is 0.493 e. The van der Waals surface area contributed by atoms with Crippen LogP contribution < -0.4 is 14.2 Å². The lowest BCUT2D eigenvalue weighted by molar-refractivity contribution is -0.130. The second-order valence-corrected chi connectivity index (χ2v) is 8.42. The van der Waals surface area contributed by atoms with Crippen molar-refractivity contribution < 1.29 is 31.5 Å². The first kappa shape index (κ1) is 23.8. The van der Waals surface area contributed by atoms with Crippen LogP contribution in [-0.4, -0.2) is 46.5 Å². The van der Waals surface area contributed by atoms with Crippen molar-refractivity contribution in [2.24, 2.45) is 0 Å². The van der Waals surface area contributed by atoms with Gasteiger partial charge >= 0.3 is 6.61 Å². The Morgan fingerprint density at radius 1 is 1.20 bits per heavy atom. The maximum absolute atomic E-state index is 12.4. The molecule has 1 N–H and O–H groups in total. The molecule has 0 bridgehead atoms. The molecule has 0 saturated carbocycles. The number of carbonyl (C=O) groups is 1. The molecule has 2 aromatic rings. The lowest BCUT2D eigenvalue weighted by atomic mass is 10.2. The van der Waals surface area contributed by atoms with E-state index in [-0.39, 0.29) is 46.8 Å². The maximum Gasteiger partial charge on any atom is 0.387 e. The molecule has 164 valence electrons. The molecule has 0 aliphatic carbocycles. The molecule has 0 aliphatic heterocycles. The predicted molar refractivity (Wildman–Crippen MR) is 107 cm³/mol. The first-order valence-corrected chi connectivity index (χ1v) is 10.6. The lowest BCUT2D eigenvalue weighted by Crippen LogP contribution is -2.32. The minimum atomic E-state index is -3.78. The summed E-state index contributed by atoms with van der Waals surface area (Å²) in [7, 11) is -0.920. The maximum atomic E-state index is 12.4. The zero-order chi connectivity index (χ0) is 22.3. The molecule has 11 heteroatoms. The Labute approximate surface area is 178 Å². The van der Waals surface area contributed by atoms with Gasteiger partial charge in [0, 0.05) is 31.6 Å². The van der Waals surface area contributed by atoms with E-state index in [1.54, 1.807) is 13.1 Å². The van der Waals surface area contributed by atoms with Gasteiger partial charge in [0.25, 0.3) is 0 Å². The third-order valence-electron chi connectivity index (χ3n) is 4.03. The average Bonchev–Trinajstić information content (AvgIpc) is 2.68. The average molecular weight is 463 g/mol. The van der Waals surface area contributed by atoms with E-state index in [1.165, 1.54) is 48.4 Å². The van der Waals surface area contributed by atoms with Crippen LogP contribution in [-0.2, 0) is 21.4 Å². The Morgan fingerprint density at radius 2 is 1.93 bits per heavy atom. The standard InChI is InChI=1S/C19H21ClF2N2O5S/c1-24(12-13-6-7-16(29-19(21)22)17(10-13)28-2)18(25)8-9-23-30(26,27)15-5-3-4-14(20)11-15/h3-7,10-11,19,23H,8-9,12H2,1-2H3. The van der Waals surface area contributed by atoms with E-state index in [0.29, 0.717) is 5.56 Å². The number of rotatable bonds is 10. The monoisotopic (exact) mass is 462 g/mol. The zero-order valence-corrected chi connectivity index (χ0v) is 17.8. The number of carbonyl (C=O) groups excluding carboxylic acids is 1. The summed E-state index contributed by atoms with van der Waals surface area (Å²) in [6, 6.07) is 10.1. The van der Waals surface area contributed by atoms with Crippen molar-refractivity contribution in [3.63, 3.8) is 0 Å². The van der Waals surface area contributed by atoms with Crippen LogP contribution >= 0.6 is 11.6 Å². The Hall–Kier alpha value is -2.43. The van der Waals surface area contributed by atoms with Crippen molar-refractivity contribution in [2.75, 3.05) is 20.7 Å². The van der Waals surface area contributed by atoms with Crippen LogP contribution in [0.1, 0.15) is 12.0 Å². The SMILES string of the molecule is COc1cc(CN(C)C(=O)CCNS(=O)(=O)c2cccc(Cl)c2)ccc1OC(F)F. The number of nitrogens with one attached hydrogen (secondary N) is 1. The Morgan fingerprint density at radius 3 is 2.57 bits per heavy atom. The summed E-state index contributed by atoms with van der Waals surface area (Å²) in [5, 5.41) is 0.286. The number of methoxy groups -OCH3 is 1.